The Bertz CT molecular complexity index is 373. The van der Waals surface area contributed by atoms with Gasteiger partial charge in [-0.2, -0.15) is 0 Å². The van der Waals surface area contributed by atoms with Crippen LogP contribution in [0.15, 0.2) is 22.7 Å². The van der Waals surface area contributed by atoms with E-state index in [2.05, 4.69) is 48.0 Å². The third-order valence-corrected chi connectivity index (χ3v) is 4.55. The molecule has 88 valence electrons. The Balaban J connectivity index is 2.45. The van der Waals surface area contributed by atoms with E-state index in [-0.39, 0.29) is 0 Å². The van der Waals surface area contributed by atoms with Crippen molar-refractivity contribution in [1.29, 1.82) is 0 Å². The van der Waals surface area contributed by atoms with Crippen LogP contribution in [0.2, 0.25) is 0 Å². The van der Waals surface area contributed by atoms with Gasteiger partial charge in [0, 0.05) is 4.47 Å². The number of fused-ring (bicyclic) bond motifs is 1. The lowest BCUT2D eigenvalue weighted by Crippen LogP contribution is -2.30. The van der Waals surface area contributed by atoms with Crippen LogP contribution in [-0.2, 0) is 6.42 Å². The van der Waals surface area contributed by atoms with E-state index in [1.54, 1.807) is 0 Å². The minimum Gasteiger partial charge on any atom is -0.330 e. The maximum Gasteiger partial charge on any atom is 0.0210 e. The lowest BCUT2D eigenvalue weighted by Gasteiger charge is -2.36. The van der Waals surface area contributed by atoms with E-state index >= 15 is 0 Å². The van der Waals surface area contributed by atoms with Crippen LogP contribution >= 0.6 is 15.9 Å². The minimum absolute atomic E-state index is 0.631. The molecule has 0 saturated heterocycles. The van der Waals surface area contributed by atoms with Crippen LogP contribution in [0, 0.1) is 11.8 Å². The van der Waals surface area contributed by atoms with E-state index < -0.39 is 0 Å². The van der Waals surface area contributed by atoms with Crippen LogP contribution in [-0.4, -0.2) is 6.54 Å². The molecule has 16 heavy (non-hydrogen) atoms. The molecular formula is C14H20BrN. The predicted octanol–water partition coefficient (Wildman–Crippen LogP) is 3.71. The van der Waals surface area contributed by atoms with Crippen LogP contribution in [0.5, 0.6) is 0 Å². The Morgan fingerprint density at radius 1 is 1.44 bits per heavy atom. The molecule has 1 aliphatic rings. The van der Waals surface area contributed by atoms with Gasteiger partial charge in [-0.3, -0.25) is 0 Å². The number of hydrogen-bond donors (Lipinski definition) is 1. The molecule has 0 aromatic heterocycles. The Hall–Kier alpha value is -0.340. The average molecular weight is 282 g/mol. The van der Waals surface area contributed by atoms with E-state index in [4.69, 9.17) is 5.73 Å². The van der Waals surface area contributed by atoms with Gasteiger partial charge in [-0.15, -0.1) is 0 Å². The zero-order valence-corrected chi connectivity index (χ0v) is 11.6. The molecule has 2 rings (SSSR count). The summed E-state index contributed by atoms with van der Waals surface area (Å²) in [7, 11) is 0. The summed E-state index contributed by atoms with van der Waals surface area (Å²) in [6.45, 7) is 5.43. The second-order valence-electron chi connectivity index (χ2n) is 5.11. The van der Waals surface area contributed by atoms with E-state index in [9.17, 15) is 0 Å². The number of rotatable bonds is 2. The number of hydrogen-bond acceptors (Lipinski definition) is 1. The monoisotopic (exact) mass is 281 g/mol. The third kappa shape index (κ3) is 2.05. The first-order chi connectivity index (χ1) is 7.65. The van der Waals surface area contributed by atoms with Crippen LogP contribution in [0.4, 0.5) is 0 Å². The first-order valence-electron chi connectivity index (χ1n) is 6.12. The molecule has 0 radical (unpaired) electrons. The second kappa shape index (κ2) is 4.89. The lowest BCUT2D eigenvalue weighted by atomic mass is 9.70. The molecule has 1 aromatic carbocycles. The van der Waals surface area contributed by atoms with Crippen molar-refractivity contribution >= 4 is 15.9 Å². The normalized spacial score (nSPS) is 24.6. The smallest absolute Gasteiger partial charge is 0.0210 e. The van der Waals surface area contributed by atoms with Crippen LogP contribution < -0.4 is 5.73 Å². The van der Waals surface area contributed by atoms with Crippen LogP contribution in [0.3, 0.4) is 0 Å². The minimum atomic E-state index is 0.631. The zero-order chi connectivity index (χ0) is 11.7. The quantitative estimate of drug-likeness (QED) is 0.879. The third-order valence-electron chi connectivity index (χ3n) is 3.81. The molecule has 1 nitrogen and oxygen atoms in total. The maximum atomic E-state index is 5.91. The number of halogens is 1. The van der Waals surface area contributed by atoms with Crippen LogP contribution in [0.1, 0.15) is 37.3 Å². The summed E-state index contributed by atoms with van der Waals surface area (Å²) >= 11 is 3.67. The summed E-state index contributed by atoms with van der Waals surface area (Å²) in [6, 6.07) is 6.59. The highest BCUT2D eigenvalue weighted by molar-refractivity contribution is 9.10. The first kappa shape index (κ1) is 12.1. The standard InChI is InChI=1S/C14H20BrN/c1-9(2)14-10(8-16)6-7-11-12(14)4-3-5-13(11)15/h3-5,9-10,14H,6-8,16H2,1-2H3. The van der Waals surface area contributed by atoms with Crippen molar-refractivity contribution in [2.45, 2.75) is 32.6 Å². The fourth-order valence-electron chi connectivity index (χ4n) is 3.08. The van der Waals surface area contributed by atoms with E-state index in [1.165, 1.54) is 28.4 Å². The fourth-order valence-corrected chi connectivity index (χ4v) is 3.66. The van der Waals surface area contributed by atoms with Crippen molar-refractivity contribution in [2.24, 2.45) is 17.6 Å². The summed E-state index contributed by atoms with van der Waals surface area (Å²) < 4.78 is 1.27. The molecule has 2 heteroatoms. The van der Waals surface area contributed by atoms with Gasteiger partial charge in [-0.25, -0.2) is 0 Å². The van der Waals surface area contributed by atoms with E-state index in [0.717, 1.165) is 6.54 Å². The van der Waals surface area contributed by atoms with Gasteiger partial charge in [0.15, 0.2) is 0 Å². The van der Waals surface area contributed by atoms with Crippen molar-refractivity contribution in [2.75, 3.05) is 6.54 Å². The van der Waals surface area contributed by atoms with Gasteiger partial charge in [-0.05, 0) is 54.3 Å². The summed E-state index contributed by atoms with van der Waals surface area (Å²) in [6.07, 6.45) is 2.40. The largest absolute Gasteiger partial charge is 0.330 e. The molecule has 2 atom stereocenters. The molecule has 0 bridgehead atoms. The van der Waals surface area contributed by atoms with Crippen molar-refractivity contribution in [3.8, 4) is 0 Å². The Kier molecular flexibility index (Phi) is 3.70. The fraction of sp³-hybridized carbons (Fsp3) is 0.571. The molecule has 0 spiro atoms. The molecule has 0 amide bonds. The maximum absolute atomic E-state index is 5.91. The Labute approximate surface area is 107 Å². The molecule has 0 aliphatic heterocycles. The van der Waals surface area contributed by atoms with Gasteiger partial charge in [0.25, 0.3) is 0 Å². The number of benzene rings is 1. The highest BCUT2D eigenvalue weighted by Gasteiger charge is 2.31. The molecule has 1 aromatic rings. The molecule has 0 saturated carbocycles. The van der Waals surface area contributed by atoms with Gasteiger partial charge in [0.1, 0.15) is 0 Å². The summed E-state index contributed by atoms with van der Waals surface area (Å²) in [5.41, 5.74) is 8.94. The summed E-state index contributed by atoms with van der Waals surface area (Å²) in [5, 5.41) is 0. The van der Waals surface area contributed by atoms with Crippen molar-refractivity contribution in [3.05, 3.63) is 33.8 Å². The van der Waals surface area contributed by atoms with E-state index in [0.29, 0.717) is 17.8 Å². The van der Waals surface area contributed by atoms with Crippen LogP contribution in [0.25, 0.3) is 0 Å². The van der Waals surface area contributed by atoms with Gasteiger partial charge in [0.05, 0.1) is 0 Å². The predicted molar refractivity (Wildman–Crippen MR) is 72.6 cm³/mol. The Morgan fingerprint density at radius 3 is 2.81 bits per heavy atom. The molecule has 0 fully saturated rings. The van der Waals surface area contributed by atoms with Crippen molar-refractivity contribution < 1.29 is 0 Å². The molecule has 0 heterocycles. The summed E-state index contributed by atoms with van der Waals surface area (Å²) in [4.78, 5) is 0. The molecule has 1 aliphatic carbocycles. The average Bonchev–Trinajstić information content (AvgIpc) is 2.27. The number of nitrogens with two attached hydrogens (primary N) is 1. The Morgan fingerprint density at radius 2 is 2.19 bits per heavy atom. The second-order valence-corrected chi connectivity index (χ2v) is 5.97. The SMILES string of the molecule is CC(C)C1c2cccc(Br)c2CCC1CN. The van der Waals surface area contributed by atoms with Gasteiger partial charge < -0.3 is 5.73 Å². The van der Waals surface area contributed by atoms with Gasteiger partial charge in [0.2, 0.25) is 0 Å². The van der Waals surface area contributed by atoms with E-state index in [1.807, 2.05) is 0 Å². The van der Waals surface area contributed by atoms with Gasteiger partial charge >= 0.3 is 0 Å². The zero-order valence-electron chi connectivity index (χ0n) is 10.0. The summed E-state index contributed by atoms with van der Waals surface area (Å²) in [5.74, 6) is 1.95. The molecule has 2 N–H and O–H groups in total. The first-order valence-corrected chi connectivity index (χ1v) is 6.91. The van der Waals surface area contributed by atoms with Gasteiger partial charge in [-0.1, -0.05) is 41.9 Å². The van der Waals surface area contributed by atoms with Crippen molar-refractivity contribution in [3.63, 3.8) is 0 Å². The highest BCUT2D eigenvalue weighted by Crippen LogP contribution is 2.42. The van der Waals surface area contributed by atoms with Crippen molar-refractivity contribution in [1.82, 2.24) is 0 Å². The molecular weight excluding hydrogens is 262 g/mol. The topological polar surface area (TPSA) is 26.0 Å². The highest BCUT2D eigenvalue weighted by atomic mass is 79.9. The molecule has 2 unspecified atom stereocenters. The lowest BCUT2D eigenvalue weighted by molar-refractivity contribution is 0.311.